The smallest absolute Gasteiger partial charge is 0.167 e. The Morgan fingerprint density at radius 2 is 1.87 bits per heavy atom. The number of aromatic nitrogens is 1. The van der Waals surface area contributed by atoms with E-state index in [4.69, 9.17) is 15.2 Å². The van der Waals surface area contributed by atoms with E-state index in [0.717, 1.165) is 25.7 Å². The molecule has 1 aliphatic rings. The molecule has 1 heterocycles. The molecule has 4 heteroatoms. The molecule has 1 aromatic heterocycles. The maximum absolute atomic E-state index is 6.20. The van der Waals surface area contributed by atoms with Crippen molar-refractivity contribution in [3.63, 3.8) is 0 Å². The van der Waals surface area contributed by atoms with Gasteiger partial charge in [0.2, 0.25) is 0 Å². The number of benzene rings is 1. The summed E-state index contributed by atoms with van der Waals surface area (Å²) in [4.78, 5) is 0. The standard InChI is InChI=1S/C19H28N2O2/c1-21-13-17(15-6-4-5-7-18(15)21)16(12-20)14-8-10-19(22-2,23-3)11-9-14/h4-7,13-14,16H,8-12,20H2,1-3H3. The fraction of sp³-hybridized carbons (Fsp3) is 0.579. The summed E-state index contributed by atoms with van der Waals surface area (Å²) in [6, 6.07) is 8.59. The van der Waals surface area contributed by atoms with Crippen molar-refractivity contribution in [2.24, 2.45) is 18.7 Å². The Bertz CT molecular complexity index is 650. The van der Waals surface area contributed by atoms with E-state index >= 15 is 0 Å². The van der Waals surface area contributed by atoms with Crippen LogP contribution in [0.1, 0.15) is 37.2 Å². The summed E-state index contributed by atoms with van der Waals surface area (Å²) in [5.41, 5.74) is 8.86. The largest absolute Gasteiger partial charge is 0.353 e. The van der Waals surface area contributed by atoms with Crippen LogP contribution in [0, 0.1) is 5.92 Å². The van der Waals surface area contributed by atoms with Gasteiger partial charge >= 0.3 is 0 Å². The molecule has 126 valence electrons. The van der Waals surface area contributed by atoms with Crippen molar-refractivity contribution in [2.45, 2.75) is 37.4 Å². The second-order valence-electron chi connectivity index (χ2n) is 6.71. The lowest BCUT2D eigenvalue weighted by atomic mass is 9.75. The molecule has 1 fully saturated rings. The van der Waals surface area contributed by atoms with Crippen LogP contribution in [-0.2, 0) is 16.5 Å². The minimum absolute atomic E-state index is 0.394. The molecule has 0 radical (unpaired) electrons. The highest BCUT2D eigenvalue weighted by Crippen LogP contribution is 2.42. The highest BCUT2D eigenvalue weighted by atomic mass is 16.7. The van der Waals surface area contributed by atoms with Gasteiger partial charge in [-0.05, 0) is 36.9 Å². The number of hydrogen-bond donors (Lipinski definition) is 1. The second kappa shape index (κ2) is 6.63. The summed E-state index contributed by atoms with van der Waals surface area (Å²) in [5, 5.41) is 1.33. The molecule has 0 aliphatic heterocycles. The van der Waals surface area contributed by atoms with E-state index in [1.165, 1.54) is 16.5 Å². The first kappa shape index (κ1) is 16.5. The Kier molecular flexibility index (Phi) is 4.76. The number of ether oxygens (including phenoxy) is 2. The maximum atomic E-state index is 6.20. The molecule has 3 rings (SSSR count). The molecule has 1 unspecified atom stereocenters. The van der Waals surface area contributed by atoms with Crippen LogP contribution in [0.2, 0.25) is 0 Å². The third-order valence-electron chi connectivity index (χ3n) is 5.69. The molecule has 1 atom stereocenters. The zero-order valence-corrected chi connectivity index (χ0v) is 14.4. The zero-order chi connectivity index (χ0) is 16.4. The highest BCUT2D eigenvalue weighted by Gasteiger charge is 2.38. The van der Waals surface area contributed by atoms with E-state index < -0.39 is 5.79 Å². The average molecular weight is 316 g/mol. The molecule has 1 saturated carbocycles. The molecule has 1 aromatic carbocycles. The van der Waals surface area contributed by atoms with Crippen LogP contribution in [0.5, 0.6) is 0 Å². The van der Waals surface area contributed by atoms with Gasteiger partial charge in [-0.1, -0.05) is 18.2 Å². The SMILES string of the molecule is COC1(OC)CCC(C(CN)c2cn(C)c3ccccc23)CC1. The van der Waals surface area contributed by atoms with Crippen molar-refractivity contribution in [3.8, 4) is 0 Å². The Balaban J connectivity index is 1.86. The Labute approximate surface area is 138 Å². The molecule has 0 bridgehead atoms. The minimum Gasteiger partial charge on any atom is -0.353 e. The van der Waals surface area contributed by atoms with Gasteiger partial charge in [-0.3, -0.25) is 0 Å². The fourth-order valence-corrected chi connectivity index (χ4v) is 4.22. The summed E-state index contributed by atoms with van der Waals surface area (Å²) >= 11 is 0. The van der Waals surface area contributed by atoms with E-state index in [2.05, 4.69) is 42.1 Å². The van der Waals surface area contributed by atoms with Gasteiger partial charge in [0.25, 0.3) is 0 Å². The molecule has 0 amide bonds. The van der Waals surface area contributed by atoms with Crippen molar-refractivity contribution in [2.75, 3.05) is 20.8 Å². The molecule has 23 heavy (non-hydrogen) atoms. The van der Waals surface area contributed by atoms with Crippen LogP contribution < -0.4 is 5.73 Å². The summed E-state index contributed by atoms with van der Waals surface area (Å²) in [5.74, 6) is 0.589. The van der Waals surface area contributed by atoms with E-state index in [0.29, 0.717) is 18.4 Å². The van der Waals surface area contributed by atoms with E-state index in [1.54, 1.807) is 14.2 Å². The van der Waals surface area contributed by atoms with Gasteiger partial charge in [0, 0.05) is 57.1 Å². The highest BCUT2D eigenvalue weighted by molar-refractivity contribution is 5.84. The molecule has 1 aliphatic carbocycles. The first-order chi connectivity index (χ1) is 11.1. The maximum Gasteiger partial charge on any atom is 0.167 e. The summed E-state index contributed by atoms with van der Waals surface area (Å²) in [6.07, 6.45) is 6.31. The second-order valence-corrected chi connectivity index (χ2v) is 6.71. The monoisotopic (exact) mass is 316 g/mol. The van der Waals surface area contributed by atoms with E-state index in [1.807, 2.05) is 0 Å². The van der Waals surface area contributed by atoms with Crippen molar-refractivity contribution in [1.29, 1.82) is 0 Å². The summed E-state index contributed by atoms with van der Waals surface area (Å²) in [7, 11) is 5.60. The van der Waals surface area contributed by atoms with Crippen LogP contribution in [0.4, 0.5) is 0 Å². The van der Waals surface area contributed by atoms with E-state index in [-0.39, 0.29) is 0 Å². The first-order valence-corrected chi connectivity index (χ1v) is 8.48. The molecular formula is C19H28N2O2. The number of rotatable bonds is 5. The topological polar surface area (TPSA) is 49.4 Å². The third kappa shape index (κ3) is 2.91. The van der Waals surface area contributed by atoms with Gasteiger partial charge in [0.1, 0.15) is 0 Å². The van der Waals surface area contributed by atoms with Crippen molar-refractivity contribution >= 4 is 10.9 Å². The predicted octanol–water partition coefficient (Wildman–Crippen LogP) is 3.40. The molecule has 4 nitrogen and oxygen atoms in total. The number of methoxy groups -OCH3 is 2. The Morgan fingerprint density at radius 1 is 1.22 bits per heavy atom. The lowest BCUT2D eigenvalue weighted by molar-refractivity contribution is -0.228. The number of hydrogen-bond acceptors (Lipinski definition) is 3. The van der Waals surface area contributed by atoms with Gasteiger partial charge in [0.15, 0.2) is 5.79 Å². The van der Waals surface area contributed by atoms with Gasteiger partial charge in [-0.15, -0.1) is 0 Å². The van der Waals surface area contributed by atoms with Crippen LogP contribution in [0.25, 0.3) is 10.9 Å². The number of para-hydroxylation sites is 1. The van der Waals surface area contributed by atoms with Crippen molar-refractivity contribution in [1.82, 2.24) is 4.57 Å². The van der Waals surface area contributed by atoms with Crippen LogP contribution in [0.15, 0.2) is 30.5 Å². The molecule has 0 spiro atoms. The van der Waals surface area contributed by atoms with Crippen molar-refractivity contribution in [3.05, 3.63) is 36.0 Å². The predicted molar refractivity (Wildman–Crippen MR) is 93.4 cm³/mol. The Hall–Kier alpha value is -1.36. The molecule has 0 saturated heterocycles. The minimum atomic E-state index is -0.394. The van der Waals surface area contributed by atoms with Crippen molar-refractivity contribution < 1.29 is 9.47 Å². The third-order valence-corrected chi connectivity index (χ3v) is 5.69. The van der Waals surface area contributed by atoms with E-state index in [9.17, 15) is 0 Å². The average Bonchev–Trinajstić information content (AvgIpc) is 2.94. The molecule has 2 aromatic rings. The Morgan fingerprint density at radius 3 is 2.48 bits per heavy atom. The van der Waals surface area contributed by atoms with Crippen LogP contribution >= 0.6 is 0 Å². The molecule has 2 N–H and O–H groups in total. The summed E-state index contributed by atoms with van der Waals surface area (Å²) < 4.78 is 13.4. The number of nitrogens with zero attached hydrogens (tertiary/aromatic N) is 1. The number of aryl methyl sites for hydroxylation is 1. The van der Waals surface area contributed by atoms with Gasteiger partial charge in [-0.25, -0.2) is 0 Å². The van der Waals surface area contributed by atoms with Gasteiger partial charge in [-0.2, -0.15) is 0 Å². The van der Waals surface area contributed by atoms with Crippen LogP contribution in [0.3, 0.4) is 0 Å². The first-order valence-electron chi connectivity index (χ1n) is 8.48. The normalized spacial score (nSPS) is 20.0. The van der Waals surface area contributed by atoms with Gasteiger partial charge < -0.3 is 19.8 Å². The number of nitrogens with two attached hydrogens (primary N) is 1. The lowest BCUT2D eigenvalue weighted by Crippen LogP contribution is -2.39. The lowest BCUT2D eigenvalue weighted by Gasteiger charge is -2.40. The number of fused-ring (bicyclic) bond motifs is 1. The quantitative estimate of drug-likeness (QED) is 0.860. The summed E-state index contributed by atoms with van der Waals surface area (Å²) in [6.45, 7) is 0.686. The molecular weight excluding hydrogens is 288 g/mol. The fourth-order valence-electron chi connectivity index (χ4n) is 4.22. The zero-order valence-electron chi connectivity index (χ0n) is 14.4. The van der Waals surface area contributed by atoms with Gasteiger partial charge in [0.05, 0.1) is 0 Å². The van der Waals surface area contributed by atoms with Crippen LogP contribution in [-0.4, -0.2) is 31.1 Å².